The van der Waals surface area contributed by atoms with E-state index in [4.69, 9.17) is 34.8 Å². The zero-order valence-electron chi connectivity index (χ0n) is 19.0. The average Bonchev–Trinajstić information content (AvgIpc) is 2.81. The van der Waals surface area contributed by atoms with Gasteiger partial charge in [-0.15, -0.1) is 24.8 Å². The molecule has 192 valence electrons. The second-order valence-corrected chi connectivity index (χ2v) is 10.2. The molecule has 1 fully saturated rings. The van der Waals surface area contributed by atoms with Crippen LogP contribution in [0.25, 0.3) is 0 Å². The lowest BCUT2D eigenvalue weighted by atomic mass is 10.1. The van der Waals surface area contributed by atoms with Crippen molar-refractivity contribution in [3.8, 4) is 0 Å². The molecule has 0 spiro atoms. The molecule has 1 amide bonds. The van der Waals surface area contributed by atoms with Gasteiger partial charge in [0.2, 0.25) is 5.95 Å². The van der Waals surface area contributed by atoms with Gasteiger partial charge in [-0.25, -0.2) is 9.97 Å². The van der Waals surface area contributed by atoms with E-state index in [0.29, 0.717) is 49.2 Å². The summed E-state index contributed by atoms with van der Waals surface area (Å²) in [6.07, 6.45) is 1.52. The van der Waals surface area contributed by atoms with Crippen LogP contribution in [0.5, 0.6) is 0 Å². The first-order valence-electron chi connectivity index (χ1n) is 10.7. The minimum Gasteiger partial charge on any atom is -0.365 e. The molecule has 7 nitrogen and oxygen atoms in total. The van der Waals surface area contributed by atoms with Gasteiger partial charge in [0, 0.05) is 37.6 Å². The van der Waals surface area contributed by atoms with E-state index < -0.39 is 0 Å². The molecule has 1 atom stereocenters. The molecule has 2 aromatic carbocycles. The minimum absolute atomic E-state index is 0. The zero-order chi connectivity index (χ0) is 23.8. The number of hydrogen-bond donors (Lipinski definition) is 2. The Bertz CT molecular complexity index is 1250. The zero-order valence-corrected chi connectivity index (χ0v) is 23.7. The Hall–Kier alpha value is -1.65. The molecule has 36 heavy (non-hydrogen) atoms. The summed E-state index contributed by atoms with van der Waals surface area (Å²) in [5.74, 6) is 0.491. The van der Waals surface area contributed by atoms with Gasteiger partial charge < -0.3 is 15.5 Å². The first-order valence-corrected chi connectivity index (χ1v) is 12.8. The van der Waals surface area contributed by atoms with Crippen molar-refractivity contribution in [3.05, 3.63) is 63.2 Å². The third-order valence-corrected chi connectivity index (χ3v) is 7.67. The summed E-state index contributed by atoms with van der Waals surface area (Å²) in [6.45, 7) is 4.94. The fourth-order valence-corrected chi connectivity index (χ4v) is 5.91. The van der Waals surface area contributed by atoms with Crippen molar-refractivity contribution in [2.75, 3.05) is 40.6 Å². The average molecular weight is 609 g/mol. The van der Waals surface area contributed by atoms with Crippen LogP contribution in [0, 0.1) is 0 Å². The molecule has 2 aliphatic rings. The quantitative estimate of drug-likeness (QED) is 0.326. The minimum atomic E-state index is -0.243. The number of anilines is 4. The van der Waals surface area contributed by atoms with E-state index >= 15 is 0 Å². The highest BCUT2D eigenvalue weighted by atomic mass is 35.5. The lowest BCUT2D eigenvalue weighted by Crippen LogP contribution is -2.50. The molecule has 0 bridgehead atoms. The van der Waals surface area contributed by atoms with Crippen LogP contribution in [-0.2, 0) is 0 Å². The van der Waals surface area contributed by atoms with E-state index in [1.165, 1.54) is 18.0 Å². The van der Waals surface area contributed by atoms with Crippen molar-refractivity contribution in [3.63, 3.8) is 0 Å². The number of carbonyl (C=O) groups excluding carboxylic acids is 1. The predicted octanol–water partition coefficient (Wildman–Crippen LogP) is 6.53. The van der Waals surface area contributed by atoms with Crippen LogP contribution < -0.4 is 20.4 Å². The Morgan fingerprint density at radius 2 is 1.86 bits per heavy atom. The van der Waals surface area contributed by atoms with Crippen molar-refractivity contribution in [2.45, 2.75) is 18.0 Å². The Labute approximate surface area is 241 Å². The maximum atomic E-state index is 13.1. The van der Waals surface area contributed by atoms with Crippen molar-refractivity contribution in [1.29, 1.82) is 0 Å². The number of hydrogen-bond acceptors (Lipinski definition) is 7. The van der Waals surface area contributed by atoms with Gasteiger partial charge >= 0.3 is 0 Å². The van der Waals surface area contributed by atoms with Crippen LogP contribution in [0.1, 0.15) is 17.3 Å². The monoisotopic (exact) mass is 606 g/mol. The van der Waals surface area contributed by atoms with Crippen LogP contribution in [0.15, 0.2) is 47.6 Å². The van der Waals surface area contributed by atoms with Crippen LogP contribution in [0.4, 0.5) is 23.0 Å². The number of piperazine rings is 1. The van der Waals surface area contributed by atoms with E-state index in [1.54, 1.807) is 23.1 Å². The fraction of sp³-hybridized carbons (Fsp3) is 0.261. The maximum absolute atomic E-state index is 13.1. The van der Waals surface area contributed by atoms with Gasteiger partial charge in [0.05, 0.1) is 37.9 Å². The topological polar surface area (TPSA) is 73.4 Å². The SMILES string of the molecule is CC1CNCCN1c1ccc(Nc2ncc3c(n2)SCN(c2c(Cl)cccc2Cl)C3=O)cc1Cl.Cl.Cl. The summed E-state index contributed by atoms with van der Waals surface area (Å²) in [5, 5.41) is 8.67. The third-order valence-electron chi connectivity index (χ3n) is 5.78. The summed E-state index contributed by atoms with van der Waals surface area (Å²) < 4.78 is 0. The molecule has 5 rings (SSSR count). The number of nitrogens with zero attached hydrogens (tertiary/aromatic N) is 4. The summed E-state index contributed by atoms with van der Waals surface area (Å²) in [4.78, 5) is 25.9. The number of amides is 1. The molecule has 3 heterocycles. The molecule has 2 N–H and O–H groups in total. The van der Waals surface area contributed by atoms with Crippen LogP contribution in [0.2, 0.25) is 15.1 Å². The molecule has 0 aliphatic carbocycles. The largest absolute Gasteiger partial charge is 0.365 e. The van der Waals surface area contributed by atoms with E-state index in [1.807, 2.05) is 18.2 Å². The number of para-hydroxylation sites is 1. The number of rotatable bonds is 4. The molecule has 13 heteroatoms. The highest BCUT2D eigenvalue weighted by Crippen LogP contribution is 2.39. The van der Waals surface area contributed by atoms with Crippen molar-refractivity contribution >= 4 is 100 Å². The van der Waals surface area contributed by atoms with Gasteiger partial charge in [0.25, 0.3) is 5.91 Å². The number of aromatic nitrogens is 2. The lowest BCUT2D eigenvalue weighted by molar-refractivity contribution is 0.0985. The van der Waals surface area contributed by atoms with Gasteiger partial charge in [-0.2, -0.15) is 0 Å². The summed E-state index contributed by atoms with van der Waals surface area (Å²) >= 11 is 20.6. The van der Waals surface area contributed by atoms with E-state index in [-0.39, 0.29) is 30.7 Å². The van der Waals surface area contributed by atoms with E-state index in [9.17, 15) is 4.79 Å². The standard InChI is InChI=1S/C23H21Cl3N6OS.2ClH/c1-13-10-27-7-8-31(13)19-6-5-14(9-18(19)26)29-23-28-11-15-21(30-23)34-12-32(22(15)33)20-16(24)3-2-4-17(20)25;;/h2-6,9,11,13,27H,7-8,10,12H2,1H3,(H,28,29,30);2*1H. The van der Waals surface area contributed by atoms with Gasteiger partial charge in [0.15, 0.2) is 0 Å². The van der Waals surface area contributed by atoms with Crippen LogP contribution >= 0.6 is 71.4 Å². The maximum Gasteiger partial charge on any atom is 0.263 e. The first-order chi connectivity index (χ1) is 16.4. The van der Waals surface area contributed by atoms with Gasteiger partial charge in [0.1, 0.15) is 5.03 Å². The fourth-order valence-electron chi connectivity index (χ4n) is 4.07. The number of benzene rings is 2. The second kappa shape index (κ2) is 12.3. The normalized spacial score (nSPS) is 17.1. The number of thioether (sulfide) groups is 1. The Balaban J connectivity index is 0.00000180. The smallest absolute Gasteiger partial charge is 0.263 e. The predicted molar refractivity (Wildman–Crippen MR) is 155 cm³/mol. The molecular weight excluding hydrogens is 586 g/mol. The number of nitrogens with one attached hydrogen (secondary N) is 2. The molecule has 1 aromatic heterocycles. The highest BCUT2D eigenvalue weighted by Gasteiger charge is 2.30. The Morgan fingerprint density at radius 3 is 2.56 bits per heavy atom. The molecule has 0 saturated carbocycles. The second-order valence-electron chi connectivity index (χ2n) is 8.03. The molecule has 1 unspecified atom stereocenters. The summed E-state index contributed by atoms with van der Waals surface area (Å²) in [6, 6.07) is 11.4. The number of fused-ring (bicyclic) bond motifs is 1. The molecule has 3 aromatic rings. The third kappa shape index (κ3) is 5.75. The van der Waals surface area contributed by atoms with Gasteiger partial charge in [-0.1, -0.05) is 52.6 Å². The van der Waals surface area contributed by atoms with Crippen LogP contribution in [0.3, 0.4) is 0 Å². The highest BCUT2D eigenvalue weighted by molar-refractivity contribution is 7.99. The van der Waals surface area contributed by atoms with Gasteiger partial charge in [-0.3, -0.25) is 9.69 Å². The van der Waals surface area contributed by atoms with Gasteiger partial charge in [-0.05, 0) is 37.3 Å². The van der Waals surface area contributed by atoms with E-state index in [0.717, 1.165) is 31.0 Å². The molecule has 2 aliphatic heterocycles. The summed E-state index contributed by atoms with van der Waals surface area (Å²) in [7, 11) is 0. The Morgan fingerprint density at radius 1 is 1.11 bits per heavy atom. The summed E-state index contributed by atoms with van der Waals surface area (Å²) in [5.41, 5.74) is 2.67. The number of halogens is 5. The van der Waals surface area contributed by atoms with Crippen molar-refractivity contribution in [2.24, 2.45) is 0 Å². The first kappa shape index (κ1) is 28.9. The van der Waals surface area contributed by atoms with E-state index in [2.05, 4.69) is 32.4 Å². The Kier molecular flexibility index (Phi) is 9.85. The lowest BCUT2D eigenvalue weighted by Gasteiger charge is -2.36. The number of carbonyl (C=O) groups is 1. The van der Waals surface area contributed by atoms with Crippen molar-refractivity contribution < 1.29 is 4.79 Å². The van der Waals surface area contributed by atoms with Crippen LogP contribution in [-0.4, -0.2) is 47.4 Å². The molecular formula is C23H23Cl5N6OS. The van der Waals surface area contributed by atoms with Crippen molar-refractivity contribution in [1.82, 2.24) is 15.3 Å². The molecule has 0 radical (unpaired) electrons. The molecule has 1 saturated heterocycles.